The quantitative estimate of drug-likeness (QED) is 0.134. The second-order valence-corrected chi connectivity index (χ2v) is 15.3. The molecule has 0 unspecified atom stereocenters. The van der Waals surface area contributed by atoms with Gasteiger partial charge in [-0.1, -0.05) is 48.0 Å². The van der Waals surface area contributed by atoms with Gasteiger partial charge in [0, 0.05) is 51.8 Å². The van der Waals surface area contributed by atoms with E-state index in [9.17, 15) is 13.7 Å². The van der Waals surface area contributed by atoms with Gasteiger partial charge in [-0.15, -0.1) is 0 Å². The first kappa shape index (κ1) is 38.7. The maximum Gasteiger partial charge on any atom is 0.243 e. The smallest absolute Gasteiger partial charge is 0.243 e. The van der Waals surface area contributed by atoms with Crippen molar-refractivity contribution in [3.05, 3.63) is 89.0 Å². The number of benzene rings is 3. The van der Waals surface area contributed by atoms with E-state index in [1.54, 1.807) is 23.5 Å². The van der Waals surface area contributed by atoms with Crippen LogP contribution >= 0.6 is 0 Å². The van der Waals surface area contributed by atoms with Gasteiger partial charge in [0.05, 0.1) is 55.2 Å². The fourth-order valence-corrected chi connectivity index (χ4v) is 8.63. The van der Waals surface area contributed by atoms with Crippen LogP contribution in [0.4, 0.5) is 5.69 Å². The third-order valence-corrected chi connectivity index (χ3v) is 11.6. The van der Waals surface area contributed by atoms with Crippen molar-refractivity contribution in [2.75, 3.05) is 58.1 Å². The number of rotatable bonds is 18. The Morgan fingerprint density at radius 1 is 1.04 bits per heavy atom. The van der Waals surface area contributed by atoms with E-state index in [1.807, 2.05) is 45.0 Å². The molecule has 276 valence electrons. The lowest BCUT2D eigenvalue weighted by Gasteiger charge is -2.43. The summed E-state index contributed by atoms with van der Waals surface area (Å²) in [5.74, 6) is 0.766. The van der Waals surface area contributed by atoms with Crippen LogP contribution in [0, 0.1) is 18.3 Å². The molecule has 11 heteroatoms. The van der Waals surface area contributed by atoms with E-state index in [0.29, 0.717) is 52.5 Å². The van der Waals surface area contributed by atoms with Gasteiger partial charge >= 0.3 is 0 Å². The van der Waals surface area contributed by atoms with Crippen LogP contribution in [0.25, 0.3) is 0 Å². The van der Waals surface area contributed by atoms with Crippen molar-refractivity contribution in [2.24, 2.45) is 0 Å². The number of piperidine rings is 1. The lowest BCUT2D eigenvalue weighted by atomic mass is 9.82. The molecular weight excluding hydrogens is 667 g/mol. The standard InChI is InChI=1S/C40H53N3O7S/c1-5-48-31(3)27-47-28-32-11-14-34(15-12-32)37-25-35(8-6-19-41)43(51(44,45)36-16-9-30(2)10-17-36)26-40(37)50-29-33-13-18-39-38(24-33)42(21-23-49-39)20-7-22-46-4/h9-18,24,31,35,37,40H,5-8,20-23,25-29H2,1-4H3/t31-,35+,37-,40+/m1/s1. The zero-order chi connectivity index (χ0) is 36.2. The fraction of sp³-hybridized carbons (Fsp3) is 0.525. The Balaban J connectivity index is 1.40. The zero-order valence-corrected chi connectivity index (χ0v) is 31.3. The monoisotopic (exact) mass is 719 g/mol. The van der Waals surface area contributed by atoms with Gasteiger partial charge in [0.2, 0.25) is 10.0 Å². The van der Waals surface area contributed by atoms with Gasteiger partial charge in [0.15, 0.2) is 0 Å². The molecule has 2 aliphatic rings. The van der Waals surface area contributed by atoms with Gasteiger partial charge < -0.3 is 28.6 Å². The third kappa shape index (κ3) is 10.3. The SMILES string of the molecule is CCO[C@H](C)COCc1ccc([C@H]2C[C@H](CCC#N)N(S(=O)(=O)c3ccc(C)cc3)C[C@@H]2OCc2ccc3c(c2)N(CCCOC)CCO3)cc1. The van der Waals surface area contributed by atoms with Crippen LogP contribution in [0.15, 0.2) is 71.6 Å². The largest absolute Gasteiger partial charge is 0.490 e. The maximum absolute atomic E-state index is 14.2. The summed E-state index contributed by atoms with van der Waals surface area (Å²) < 4.78 is 59.5. The first-order valence-corrected chi connectivity index (χ1v) is 19.5. The molecule has 2 aliphatic heterocycles. The first-order chi connectivity index (χ1) is 24.7. The number of sulfonamides is 1. The fourth-order valence-electron chi connectivity index (χ4n) is 6.95. The highest BCUT2D eigenvalue weighted by atomic mass is 32.2. The highest BCUT2D eigenvalue weighted by Crippen LogP contribution is 2.39. The van der Waals surface area contributed by atoms with Crippen molar-refractivity contribution in [2.45, 2.75) is 88.7 Å². The van der Waals surface area contributed by atoms with Crippen molar-refractivity contribution < 1.29 is 32.1 Å². The zero-order valence-electron chi connectivity index (χ0n) is 30.5. The number of ether oxygens (including phenoxy) is 5. The van der Waals surface area contributed by atoms with Crippen molar-refractivity contribution >= 4 is 15.7 Å². The van der Waals surface area contributed by atoms with Crippen LogP contribution in [0.5, 0.6) is 5.75 Å². The number of anilines is 1. The van der Waals surface area contributed by atoms with Crippen LogP contribution < -0.4 is 9.64 Å². The number of nitriles is 1. The van der Waals surface area contributed by atoms with Crippen LogP contribution in [0.2, 0.25) is 0 Å². The Bertz CT molecular complexity index is 1680. The number of methoxy groups -OCH3 is 1. The van der Waals surface area contributed by atoms with Crippen LogP contribution in [0.1, 0.15) is 67.7 Å². The van der Waals surface area contributed by atoms with E-state index in [-0.39, 0.29) is 35.9 Å². The molecule has 5 rings (SSSR count). The average Bonchev–Trinajstić information content (AvgIpc) is 3.14. The topological polar surface area (TPSA) is 111 Å². The molecule has 0 spiro atoms. The van der Waals surface area contributed by atoms with Crippen LogP contribution in [0.3, 0.4) is 0 Å². The molecule has 3 aromatic rings. The third-order valence-electron chi connectivity index (χ3n) is 9.66. The summed E-state index contributed by atoms with van der Waals surface area (Å²) in [4.78, 5) is 2.57. The number of nitrogens with zero attached hydrogens (tertiary/aromatic N) is 3. The Kier molecular flexibility index (Phi) is 14.3. The lowest BCUT2D eigenvalue weighted by Crippen LogP contribution is -2.52. The first-order valence-electron chi connectivity index (χ1n) is 18.1. The normalized spacial score (nSPS) is 20.0. The van der Waals surface area contributed by atoms with Gasteiger partial charge in [0.1, 0.15) is 12.4 Å². The van der Waals surface area contributed by atoms with Gasteiger partial charge in [-0.2, -0.15) is 9.57 Å². The van der Waals surface area contributed by atoms with Crippen molar-refractivity contribution in [3.63, 3.8) is 0 Å². The summed E-state index contributed by atoms with van der Waals surface area (Å²) in [6.45, 7) is 11.0. The van der Waals surface area contributed by atoms with E-state index in [0.717, 1.165) is 53.2 Å². The summed E-state index contributed by atoms with van der Waals surface area (Å²) in [5.41, 5.74) is 5.13. The van der Waals surface area contributed by atoms with Gasteiger partial charge in [-0.3, -0.25) is 0 Å². The predicted octanol–water partition coefficient (Wildman–Crippen LogP) is 6.61. The predicted molar refractivity (Wildman–Crippen MR) is 197 cm³/mol. The summed E-state index contributed by atoms with van der Waals surface area (Å²) in [6.07, 6.45) is 1.75. The summed E-state index contributed by atoms with van der Waals surface area (Å²) in [6, 6.07) is 23.3. The van der Waals surface area contributed by atoms with Crippen molar-refractivity contribution in [1.82, 2.24) is 4.31 Å². The van der Waals surface area contributed by atoms with Crippen molar-refractivity contribution in [1.29, 1.82) is 5.26 Å². The molecule has 0 radical (unpaired) electrons. The molecule has 0 amide bonds. The Labute approximate surface area is 304 Å². The van der Waals surface area contributed by atoms with Crippen molar-refractivity contribution in [3.8, 4) is 11.8 Å². The van der Waals surface area contributed by atoms with E-state index in [2.05, 4.69) is 41.3 Å². The molecule has 0 N–H and O–H groups in total. The second-order valence-electron chi connectivity index (χ2n) is 13.4. The molecule has 1 saturated heterocycles. The molecule has 0 aliphatic carbocycles. The van der Waals surface area contributed by atoms with Gasteiger partial charge in [-0.25, -0.2) is 8.42 Å². The van der Waals surface area contributed by atoms with E-state index < -0.39 is 16.1 Å². The molecule has 0 bridgehead atoms. The summed E-state index contributed by atoms with van der Waals surface area (Å²) in [7, 11) is -2.14. The minimum atomic E-state index is -3.85. The molecule has 4 atom stereocenters. The number of hydrogen-bond donors (Lipinski definition) is 0. The molecule has 51 heavy (non-hydrogen) atoms. The van der Waals surface area contributed by atoms with E-state index in [4.69, 9.17) is 23.7 Å². The minimum absolute atomic E-state index is 0.0280. The molecule has 0 saturated carbocycles. The minimum Gasteiger partial charge on any atom is -0.490 e. The molecule has 1 fully saturated rings. The molecule has 10 nitrogen and oxygen atoms in total. The summed E-state index contributed by atoms with van der Waals surface area (Å²) in [5, 5.41) is 9.53. The highest BCUT2D eigenvalue weighted by Gasteiger charge is 2.42. The Hall–Kier alpha value is -3.50. The van der Waals surface area contributed by atoms with E-state index in [1.165, 1.54) is 0 Å². The molecule has 2 heterocycles. The van der Waals surface area contributed by atoms with Crippen LogP contribution in [-0.2, 0) is 42.2 Å². The van der Waals surface area contributed by atoms with Gasteiger partial charge in [0.25, 0.3) is 0 Å². The van der Waals surface area contributed by atoms with Gasteiger partial charge in [-0.05, 0) is 81.0 Å². The Morgan fingerprint density at radius 2 is 1.80 bits per heavy atom. The number of aryl methyl sites for hydroxylation is 1. The molecule has 0 aromatic heterocycles. The highest BCUT2D eigenvalue weighted by molar-refractivity contribution is 7.89. The summed E-state index contributed by atoms with van der Waals surface area (Å²) >= 11 is 0. The van der Waals surface area contributed by atoms with Crippen LogP contribution in [-0.4, -0.2) is 84.1 Å². The lowest BCUT2D eigenvalue weighted by molar-refractivity contribution is -0.0206. The number of fused-ring (bicyclic) bond motifs is 1. The second kappa shape index (κ2) is 18.8. The molecule has 3 aromatic carbocycles. The van der Waals surface area contributed by atoms with E-state index >= 15 is 0 Å². The average molecular weight is 720 g/mol. The maximum atomic E-state index is 14.2. The number of hydrogen-bond acceptors (Lipinski definition) is 9. The molecular formula is C40H53N3O7S. The Morgan fingerprint density at radius 3 is 2.53 bits per heavy atom.